The van der Waals surface area contributed by atoms with Crippen molar-refractivity contribution >= 4 is 44.9 Å². The number of unbranched alkanes of at least 4 members (excludes halogenated alkanes) is 2. The van der Waals surface area contributed by atoms with Crippen LogP contribution in [-0.4, -0.2) is 53.1 Å². The van der Waals surface area contributed by atoms with Gasteiger partial charge in [-0.15, -0.1) is 0 Å². The van der Waals surface area contributed by atoms with Crippen LogP contribution in [0.4, 0.5) is 5.82 Å². The lowest BCUT2D eigenvalue weighted by atomic mass is 10.2. The molecule has 5 heterocycles. The summed E-state index contributed by atoms with van der Waals surface area (Å²) in [6.45, 7) is 4.81. The molecule has 0 aliphatic carbocycles. The predicted molar refractivity (Wildman–Crippen MR) is 179 cm³/mol. The van der Waals surface area contributed by atoms with Crippen molar-refractivity contribution in [1.29, 1.82) is 0 Å². The molecule has 1 aliphatic rings. The molecule has 5 aromatic rings. The highest BCUT2D eigenvalue weighted by Crippen LogP contribution is 2.30. The summed E-state index contributed by atoms with van der Waals surface area (Å²) in [4.78, 5) is 100. The number of carbonyl (C=O) groups is 1. The third kappa shape index (κ3) is 7.10. The lowest BCUT2D eigenvalue weighted by Gasteiger charge is -2.35. The molecule has 0 N–H and O–H groups in total. The Morgan fingerprint density at radius 2 is 1.28 bits per heavy atom. The highest BCUT2D eigenvalue weighted by molar-refractivity contribution is 6.17. The van der Waals surface area contributed by atoms with Crippen LogP contribution in [0.1, 0.15) is 45.3 Å². The van der Waals surface area contributed by atoms with Crippen molar-refractivity contribution in [3.05, 3.63) is 111 Å². The Kier molecular flexibility index (Phi) is 9.99. The summed E-state index contributed by atoms with van der Waals surface area (Å²) in [6.07, 6.45) is 2.40. The van der Waals surface area contributed by atoms with Gasteiger partial charge in [-0.2, -0.15) is 0 Å². The SMILES string of the molecule is CCCCCC(=O)OC(CCN1CCN(c2ccccn2)CC1)n1c(=O)c2c3oc(=O)ccc(=O)oc3c3oc(=O)ccc(=O)oc3c2c1=O. The van der Waals surface area contributed by atoms with E-state index in [2.05, 4.69) is 14.8 Å². The first-order chi connectivity index (χ1) is 24.1. The quantitative estimate of drug-likeness (QED) is 0.152. The molecule has 1 unspecified atom stereocenters. The lowest BCUT2D eigenvalue weighted by Crippen LogP contribution is -2.47. The number of anilines is 1. The number of piperazine rings is 1. The third-order valence-corrected chi connectivity index (χ3v) is 8.29. The molecule has 16 nitrogen and oxygen atoms in total. The number of hydrogen-bond acceptors (Lipinski definition) is 15. The van der Waals surface area contributed by atoms with Crippen LogP contribution in [0.5, 0.6) is 0 Å². The summed E-state index contributed by atoms with van der Waals surface area (Å²) in [6, 6.07) is 8.57. The molecule has 1 fully saturated rings. The molecule has 0 saturated carbocycles. The fourth-order valence-electron chi connectivity index (χ4n) is 5.86. The Bertz CT molecular complexity index is 2330. The van der Waals surface area contributed by atoms with E-state index in [0.29, 0.717) is 43.7 Å². The number of esters is 1. The standard InChI is InChI=1S/C34H32N4O12/c1-2-3-4-8-22(39)46-21(13-15-36-16-18-37(19-17-36)20-7-5-6-14-35-20)38-33(44)27-28(34(38)45)30-32(50-26(43)12-10-24(41)48-30)31-29(27)47-23(40)9-11-25(42)49-31/h5-7,9-12,14,21H,2-4,8,13,15-19H2,1H3. The number of benzene rings is 1. The van der Waals surface area contributed by atoms with Gasteiger partial charge in [-0.05, 0) is 18.6 Å². The monoisotopic (exact) mass is 688 g/mol. The average molecular weight is 689 g/mol. The number of fused-ring (bicyclic) bond motifs is 6. The first-order valence-corrected chi connectivity index (χ1v) is 16.1. The van der Waals surface area contributed by atoms with Gasteiger partial charge in [0.25, 0.3) is 11.1 Å². The van der Waals surface area contributed by atoms with Gasteiger partial charge in [0, 0.05) is 76.0 Å². The van der Waals surface area contributed by atoms with Crippen molar-refractivity contribution in [3.8, 4) is 0 Å². The zero-order valence-corrected chi connectivity index (χ0v) is 27.0. The van der Waals surface area contributed by atoms with Crippen LogP contribution in [0.25, 0.3) is 33.1 Å². The molecule has 16 heteroatoms. The molecule has 260 valence electrons. The number of nitrogens with zero attached hydrogens (tertiary/aromatic N) is 4. The van der Waals surface area contributed by atoms with Crippen LogP contribution in [0.3, 0.4) is 0 Å². The normalized spacial score (nSPS) is 14.2. The fraction of sp³-hybridized carbons (Fsp3) is 0.353. The minimum absolute atomic E-state index is 0.00598. The van der Waals surface area contributed by atoms with E-state index in [0.717, 1.165) is 42.9 Å². The average Bonchev–Trinajstić information content (AvgIpc) is 3.36. The summed E-state index contributed by atoms with van der Waals surface area (Å²) in [5.41, 5.74) is -9.64. The minimum Gasteiger partial charge on any atom is -0.441 e. The van der Waals surface area contributed by atoms with Crippen molar-refractivity contribution in [2.45, 2.75) is 45.3 Å². The number of ether oxygens (including phenoxy) is 1. The Balaban J connectivity index is 1.51. The highest BCUT2D eigenvalue weighted by atomic mass is 16.6. The number of hydrogen-bond donors (Lipinski definition) is 0. The molecule has 1 aromatic carbocycles. The topological polar surface area (TPSA) is 206 Å². The van der Waals surface area contributed by atoms with Crippen molar-refractivity contribution < 1.29 is 27.2 Å². The highest BCUT2D eigenvalue weighted by Gasteiger charge is 2.31. The second-order valence-corrected chi connectivity index (χ2v) is 11.6. The van der Waals surface area contributed by atoms with Crippen LogP contribution >= 0.6 is 0 Å². The third-order valence-electron chi connectivity index (χ3n) is 8.29. The Labute approximate surface area is 280 Å². The van der Waals surface area contributed by atoms with E-state index >= 15 is 0 Å². The molecule has 4 aromatic heterocycles. The summed E-state index contributed by atoms with van der Waals surface area (Å²) in [5.74, 6) is 0.187. The maximum Gasteiger partial charge on any atom is 0.336 e. The van der Waals surface area contributed by atoms with Crippen LogP contribution in [0.15, 0.2) is 95.1 Å². The van der Waals surface area contributed by atoms with Crippen molar-refractivity contribution in [2.75, 3.05) is 37.6 Å². The first kappa shape index (κ1) is 34.0. The Morgan fingerprint density at radius 3 is 1.78 bits per heavy atom. The number of pyridine rings is 1. The van der Waals surface area contributed by atoms with Gasteiger partial charge in [0.15, 0.2) is 17.4 Å². The molecule has 0 amide bonds. The van der Waals surface area contributed by atoms with Gasteiger partial charge >= 0.3 is 28.5 Å². The maximum absolute atomic E-state index is 14.3. The van der Waals surface area contributed by atoms with Gasteiger partial charge in [-0.25, -0.2) is 28.7 Å². The van der Waals surface area contributed by atoms with Crippen molar-refractivity contribution in [2.24, 2.45) is 0 Å². The van der Waals surface area contributed by atoms with E-state index in [1.807, 2.05) is 25.1 Å². The Morgan fingerprint density at radius 1 is 0.740 bits per heavy atom. The van der Waals surface area contributed by atoms with E-state index in [1.54, 1.807) is 6.20 Å². The van der Waals surface area contributed by atoms with E-state index in [4.69, 9.17) is 22.4 Å². The second-order valence-electron chi connectivity index (χ2n) is 11.6. The summed E-state index contributed by atoms with van der Waals surface area (Å²) >= 11 is 0. The van der Waals surface area contributed by atoms with Crippen molar-refractivity contribution in [1.82, 2.24) is 14.5 Å². The molecular formula is C34H32N4O12. The number of rotatable bonds is 10. The molecular weight excluding hydrogens is 656 g/mol. The second kappa shape index (κ2) is 14.7. The zero-order chi connectivity index (χ0) is 35.4. The van der Waals surface area contributed by atoms with Crippen LogP contribution in [0, 0.1) is 0 Å². The minimum atomic E-state index is -1.45. The number of carbonyl (C=O) groups excluding carboxylic acids is 1. The zero-order valence-electron chi connectivity index (χ0n) is 27.0. The van der Waals surface area contributed by atoms with Crippen molar-refractivity contribution in [3.63, 3.8) is 0 Å². The van der Waals surface area contributed by atoms with Gasteiger partial charge in [0.2, 0.25) is 11.2 Å². The molecule has 0 radical (unpaired) electrons. The van der Waals surface area contributed by atoms with Gasteiger partial charge < -0.3 is 27.3 Å². The molecule has 0 bridgehead atoms. The molecule has 0 spiro atoms. The van der Waals surface area contributed by atoms with E-state index in [1.165, 1.54) is 0 Å². The predicted octanol–water partition coefficient (Wildman–Crippen LogP) is 2.27. The van der Waals surface area contributed by atoms with Crippen LogP contribution < -0.4 is 38.5 Å². The van der Waals surface area contributed by atoms with Gasteiger partial charge in [0.05, 0.1) is 0 Å². The van der Waals surface area contributed by atoms with E-state index in [-0.39, 0.29) is 12.8 Å². The molecule has 6 rings (SSSR count). The smallest absolute Gasteiger partial charge is 0.336 e. The summed E-state index contributed by atoms with van der Waals surface area (Å²) in [7, 11) is 0. The van der Waals surface area contributed by atoms with E-state index in [9.17, 15) is 33.6 Å². The molecule has 1 aliphatic heterocycles. The molecule has 1 atom stereocenters. The van der Waals surface area contributed by atoms with E-state index < -0.39 is 78.9 Å². The fourth-order valence-corrected chi connectivity index (χ4v) is 5.86. The number of aromatic nitrogens is 2. The summed E-state index contributed by atoms with van der Waals surface area (Å²) in [5, 5.41) is -1.24. The van der Waals surface area contributed by atoms with Gasteiger partial charge in [0.1, 0.15) is 16.6 Å². The lowest BCUT2D eigenvalue weighted by molar-refractivity contribution is -0.155. The Hall–Kier alpha value is -5.90. The molecule has 50 heavy (non-hydrogen) atoms. The largest absolute Gasteiger partial charge is 0.441 e. The maximum atomic E-state index is 14.3. The summed E-state index contributed by atoms with van der Waals surface area (Å²) < 4.78 is 27.7. The molecule has 1 saturated heterocycles. The first-order valence-electron chi connectivity index (χ1n) is 16.1. The van der Waals surface area contributed by atoms with Crippen LogP contribution in [-0.2, 0) is 9.53 Å². The van der Waals surface area contributed by atoms with Gasteiger partial charge in [-0.3, -0.25) is 19.3 Å². The van der Waals surface area contributed by atoms with Gasteiger partial charge in [-0.1, -0.05) is 25.8 Å². The van der Waals surface area contributed by atoms with Crippen LogP contribution in [0.2, 0.25) is 0 Å².